The van der Waals surface area contributed by atoms with Gasteiger partial charge in [0.25, 0.3) is 0 Å². The first-order valence-corrected chi connectivity index (χ1v) is 4.85. The van der Waals surface area contributed by atoms with E-state index in [0.717, 1.165) is 6.92 Å². The third-order valence-corrected chi connectivity index (χ3v) is 2.49. The number of aliphatic hydroxyl groups is 1. The molecule has 1 N–H and O–H groups in total. The first-order chi connectivity index (χ1) is 6.91. The van der Waals surface area contributed by atoms with Crippen LogP contribution in [0.1, 0.15) is 13.3 Å². The summed E-state index contributed by atoms with van der Waals surface area (Å²) >= 11 is 0. The van der Waals surface area contributed by atoms with Crippen LogP contribution >= 0.6 is 0 Å². The van der Waals surface area contributed by atoms with Gasteiger partial charge in [-0.1, -0.05) is 0 Å². The standard InChI is InChI=1S/C9H15F3O3/c1-6(9(10,11)12)15-5-8(13)7-2-3-14-4-7/h6-8,13H,2-5H2,1H3. The molecule has 1 aliphatic heterocycles. The Morgan fingerprint density at radius 1 is 1.53 bits per heavy atom. The van der Waals surface area contributed by atoms with Crippen LogP contribution in [0.3, 0.4) is 0 Å². The van der Waals surface area contributed by atoms with Crippen LogP contribution in [-0.4, -0.2) is 43.3 Å². The molecule has 0 aromatic rings. The Balaban J connectivity index is 2.24. The van der Waals surface area contributed by atoms with E-state index in [2.05, 4.69) is 4.74 Å². The molecular weight excluding hydrogens is 213 g/mol. The molecule has 3 unspecified atom stereocenters. The van der Waals surface area contributed by atoms with Gasteiger partial charge in [-0.15, -0.1) is 0 Å². The van der Waals surface area contributed by atoms with Crippen LogP contribution in [0.4, 0.5) is 13.2 Å². The molecule has 90 valence electrons. The zero-order chi connectivity index (χ0) is 11.5. The van der Waals surface area contributed by atoms with Gasteiger partial charge < -0.3 is 14.6 Å². The lowest BCUT2D eigenvalue weighted by atomic mass is 10.0. The first kappa shape index (κ1) is 12.7. The number of hydrogen-bond donors (Lipinski definition) is 1. The van der Waals surface area contributed by atoms with Gasteiger partial charge in [0.05, 0.1) is 19.3 Å². The molecule has 0 aliphatic carbocycles. The number of rotatable bonds is 4. The molecule has 15 heavy (non-hydrogen) atoms. The Labute approximate surface area is 86.2 Å². The van der Waals surface area contributed by atoms with Gasteiger partial charge in [0.1, 0.15) is 0 Å². The lowest BCUT2D eigenvalue weighted by molar-refractivity contribution is -0.220. The lowest BCUT2D eigenvalue weighted by Gasteiger charge is -2.21. The fourth-order valence-corrected chi connectivity index (χ4v) is 1.33. The largest absolute Gasteiger partial charge is 0.414 e. The van der Waals surface area contributed by atoms with Crippen LogP contribution < -0.4 is 0 Å². The topological polar surface area (TPSA) is 38.7 Å². The Morgan fingerprint density at radius 3 is 2.67 bits per heavy atom. The zero-order valence-corrected chi connectivity index (χ0v) is 8.46. The van der Waals surface area contributed by atoms with E-state index in [1.807, 2.05) is 0 Å². The third-order valence-electron chi connectivity index (χ3n) is 2.49. The van der Waals surface area contributed by atoms with Crippen molar-refractivity contribution >= 4 is 0 Å². The molecule has 3 nitrogen and oxygen atoms in total. The summed E-state index contributed by atoms with van der Waals surface area (Å²) in [6.07, 6.45) is -6.41. The van der Waals surface area contributed by atoms with Crippen molar-refractivity contribution in [3.8, 4) is 0 Å². The van der Waals surface area contributed by atoms with Crippen LogP contribution in [0.15, 0.2) is 0 Å². The normalized spacial score (nSPS) is 26.6. The molecule has 3 atom stereocenters. The Kier molecular flexibility index (Phi) is 4.36. The van der Waals surface area contributed by atoms with Gasteiger partial charge >= 0.3 is 6.18 Å². The molecule has 0 saturated carbocycles. The molecule has 0 bridgehead atoms. The SMILES string of the molecule is CC(OCC(O)C1CCOC1)C(F)(F)F. The second-order valence-corrected chi connectivity index (χ2v) is 3.71. The van der Waals surface area contributed by atoms with E-state index in [-0.39, 0.29) is 12.5 Å². The van der Waals surface area contributed by atoms with Gasteiger partial charge in [0.2, 0.25) is 0 Å². The number of alkyl halides is 3. The summed E-state index contributed by atoms with van der Waals surface area (Å²) in [5, 5.41) is 9.49. The predicted octanol–water partition coefficient (Wildman–Crippen LogP) is 1.35. The molecule has 0 aromatic heterocycles. The van der Waals surface area contributed by atoms with Gasteiger partial charge in [-0.2, -0.15) is 13.2 Å². The zero-order valence-electron chi connectivity index (χ0n) is 8.46. The van der Waals surface area contributed by atoms with Crippen LogP contribution in [0.25, 0.3) is 0 Å². The highest BCUT2D eigenvalue weighted by Crippen LogP contribution is 2.23. The summed E-state index contributed by atoms with van der Waals surface area (Å²) in [6, 6.07) is 0. The van der Waals surface area contributed by atoms with Crippen molar-refractivity contribution in [1.82, 2.24) is 0 Å². The summed E-state index contributed by atoms with van der Waals surface area (Å²) < 4.78 is 45.7. The molecule has 0 amide bonds. The smallest absolute Gasteiger partial charge is 0.390 e. The third kappa shape index (κ3) is 3.96. The first-order valence-electron chi connectivity index (χ1n) is 4.85. The fourth-order valence-electron chi connectivity index (χ4n) is 1.33. The van der Waals surface area contributed by atoms with Crippen LogP contribution in [0.2, 0.25) is 0 Å². The average molecular weight is 228 g/mol. The Bertz CT molecular complexity index is 190. The maximum Gasteiger partial charge on any atom is 0.414 e. The monoisotopic (exact) mass is 228 g/mol. The molecule has 0 spiro atoms. The van der Waals surface area contributed by atoms with E-state index in [1.54, 1.807) is 0 Å². The minimum Gasteiger partial charge on any atom is -0.390 e. The van der Waals surface area contributed by atoms with Gasteiger partial charge in [-0.05, 0) is 13.3 Å². The molecular formula is C9H15F3O3. The Morgan fingerprint density at radius 2 is 2.20 bits per heavy atom. The summed E-state index contributed by atoms with van der Waals surface area (Å²) in [5.41, 5.74) is 0. The van der Waals surface area contributed by atoms with Crippen molar-refractivity contribution in [3.63, 3.8) is 0 Å². The van der Waals surface area contributed by atoms with Crippen LogP contribution in [-0.2, 0) is 9.47 Å². The number of halogens is 3. The van der Waals surface area contributed by atoms with Crippen LogP contribution in [0.5, 0.6) is 0 Å². The van der Waals surface area contributed by atoms with Crippen molar-refractivity contribution in [2.45, 2.75) is 31.7 Å². The quantitative estimate of drug-likeness (QED) is 0.789. The maximum atomic E-state index is 12.0. The van der Waals surface area contributed by atoms with Crippen molar-refractivity contribution in [2.75, 3.05) is 19.8 Å². The highest BCUT2D eigenvalue weighted by Gasteiger charge is 2.37. The summed E-state index contributed by atoms with van der Waals surface area (Å²) in [5.74, 6) is -0.106. The summed E-state index contributed by atoms with van der Waals surface area (Å²) in [4.78, 5) is 0. The molecule has 1 saturated heterocycles. The maximum absolute atomic E-state index is 12.0. The van der Waals surface area contributed by atoms with E-state index in [4.69, 9.17) is 4.74 Å². The summed E-state index contributed by atoms with van der Waals surface area (Å²) in [7, 11) is 0. The highest BCUT2D eigenvalue weighted by molar-refractivity contribution is 4.73. The van der Waals surface area contributed by atoms with E-state index in [1.165, 1.54) is 0 Å². The van der Waals surface area contributed by atoms with Crippen molar-refractivity contribution in [3.05, 3.63) is 0 Å². The lowest BCUT2D eigenvalue weighted by Crippen LogP contribution is -2.34. The predicted molar refractivity (Wildman–Crippen MR) is 46.4 cm³/mol. The molecule has 1 heterocycles. The fraction of sp³-hybridized carbons (Fsp3) is 1.00. The molecule has 1 fully saturated rings. The molecule has 0 radical (unpaired) electrons. The minimum absolute atomic E-state index is 0.106. The van der Waals surface area contributed by atoms with Gasteiger partial charge in [0.15, 0.2) is 6.10 Å². The summed E-state index contributed by atoms with van der Waals surface area (Å²) in [6.45, 7) is 1.58. The molecule has 1 aliphatic rings. The Hall–Kier alpha value is -0.330. The van der Waals surface area contributed by atoms with Crippen molar-refractivity contribution < 1.29 is 27.8 Å². The van der Waals surface area contributed by atoms with Crippen LogP contribution in [0, 0.1) is 5.92 Å². The average Bonchev–Trinajstić information content (AvgIpc) is 2.64. The second-order valence-electron chi connectivity index (χ2n) is 3.71. The molecule has 1 rings (SSSR count). The minimum atomic E-state index is -4.37. The van der Waals surface area contributed by atoms with E-state index in [9.17, 15) is 18.3 Å². The van der Waals surface area contributed by atoms with Crippen molar-refractivity contribution in [1.29, 1.82) is 0 Å². The van der Waals surface area contributed by atoms with E-state index < -0.39 is 18.4 Å². The van der Waals surface area contributed by atoms with Gasteiger partial charge in [0, 0.05) is 12.5 Å². The number of ether oxygens (including phenoxy) is 2. The number of hydrogen-bond acceptors (Lipinski definition) is 3. The van der Waals surface area contributed by atoms with E-state index in [0.29, 0.717) is 19.6 Å². The second kappa shape index (κ2) is 5.14. The van der Waals surface area contributed by atoms with Crippen molar-refractivity contribution in [2.24, 2.45) is 5.92 Å². The molecule has 0 aromatic carbocycles. The van der Waals surface area contributed by atoms with E-state index >= 15 is 0 Å². The van der Waals surface area contributed by atoms with Gasteiger partial charge in [-0.3, -0.25) is 0 Å². The molecule has 6 heteroatoms. The highest BCUT2D eigenvalue weighted by atomic mass is 19.4. The van der Waals surface area contributed by atoms with Gasteiger partial charge in [-0.25, -0.2) is 0 Å². The number of aliphatic hydroxyl groups excluding tert-OH is 1.